The molecule has 0 atom stereocenters. The van der Waals surface area contributed by atoms with E-state index in [1.807, 2.05) is 13.0 Å². The number of nitrogens with one attached hydrogen (secondary N) is 1. The molecular formula is C19H27N7O2. The van der Waals surface area contributed by atoms with Crippen molar-refractivity contribution in [2.24, 2.45) is 7.05 Å². The molecule has 150 valence electrons. The molecule has 4 heterocycles. The lowest BCUT2D eigenvalue weighted by Crippen LogP contribution is -2.25. The van der Waals surface area contributed by atoms with Crippen molar-refractivity contribution in [3.05, 3.63) is 22.6 Å². The number of pyridine rings is 1. The monoisotopic (exact) mass is 385 g/mol. The van der Waals surface area contributed by atoms with Crippen LogP contribution in [0.4, 0.5) is 11.6 Å². The van der Waals surface area contributed by atoms with Gasteiger partial charge in [-0.15, -0.1) is 0 Å². The van der Waals surface area contributed by atoms with Crippen molar-refractivity contribution in [1.82, 2.24) is 24.5 Å². The van der Waals surface area contributed by atoms with Gasteiger partial charge in [0.2, 0.25) is 5.91 Å². The summed E-state index contributed by atoms with van der Waals surface area (Å²) in [4.78, 5) is 26.3. The maximum atomic E-state index is 12.5. The summed E-state index contributed by atoms with van der Waals surface area (Å²) in [6.45, 7) is 7.34. The Morgan fingerprint density at radius 2 is 1.96 bits per heavy atom. The maximum absolute atomic E-state index is 12.5. The van der Waals surface area contributed by atoms with Crippen LogP contribution in [0.5, 0.6) is 0 Å². The van der Waals surface area contributed by atoms with Crippen LogP contribution in [0.2, 0.25) is 0 Å². The first-order valence-corrected chi connectivity index (χ1v) is 9.64. The van der Waals surface area contributed by atoms with E-state index in [2.05, 4.69) is 29.1 Å². The normalized spacial score (nSPS) is 13.9. The average Bonchev–Trinajstić information content (AvgIpc) is 3.35. The molecule has 9 nitrogen and oxygen atoms in total. The molecule has 0 aromatic carbocycles. The Kier molecular flexibility index (Phi) is 5.53. The molecular weight excluding hydrogens is 358 g/mol. The van der Waals surface area contributed by atoms with Gasteiger partial charge in [0.15, 0.2) is 5.82 Å². The van der Waals surface area contributed by atoms with Crippen LogP contribution in [0.1, 0.15) is 40.0 Å². The fourth-order valence-electron chi connectivity index (χ4n) is 3.35. The number of nitrogens with zero attached hydrogens (tertiary/aromatic N) is 5. The molecule has 1 aliphatic heterocycles. The van der Waals surface area contributed by atoms with Gasteiger partial charge < -0.3 is 10.3 Å². The van der Waals surface area contributed by atoms with Crippen molar-refractivity contribution in [3.63, 3.8) is 0 Å². The van der Waals surface area contributed by atoms with Gasteiger partial charge in [0, 0.05) is 44.4 Å². The first kappa shape index (κ1) is 19.7. The molecule has 0 aliphatic carbocycles. The van der Waals surface area contributed by atoms with E-state index in [0.717, 1.165) is 17.8 Å². The van der Waals surface area contributed by atoms with Crippen molar-refractivity contribution < 1.29 is 4.79 Å². The van der Waals surface area contributed by atoms with Crippen molar-refractivity contribution >= 4 is 28.4 Å². The molecule has 3 aromatic heterocycles. The Hall–Kier alpha value is -3.10. The van der Waals surface area contributed by atoms with Crippen LogP contribution in [0, 0.1) is 0 Å². The zero-order valence-corrected chi connectivity index (χ0v) is 16.8. The third kappa shape index (κ3) is 3.28. The van der Waals surface area contributed by atoms with Crippen LogP contribution in [-0.2, 0) is 18.4 Å². The number of amides is 1. The van der Waals surface area contributed by atoms with Crippen LogP contribution in [0.3, 0.4) is 0 Å². The SMILES string of the molecule is CCC.CCn1cc(-c2cc(N3CCCC3=O)n(C)n2)c2[nH]nc(N)c2c1=O. The predicted octanol–water partition coefficient (Wildman–Crippen LogP) is 2.27. The zero-order valence-electron chi connectivity index (χ0n) is 16.8. The third-order valence-electron chi connectivity index (χ3n) is 4.65. The number of nitrogens with two attached hydrogens (primary N) is 1. The second-order valence-corrected chi connectivity index (χ2v) is 6.86. The van der Waals surface area contributed by atoms with Crippen molar-refractivity contribution in [1.29, 1.82) is 0 Å². The molecule has 0 radical (unpaired) electrons. The molecule has 1 saturated heterocycles. The van der Waals surface area contributed by atoms with Crippen molar-refractivity contribution in [2.75, 3.05) is 17.2 Å². The summed E-state index contributed by atoms with van der Waals surface area (Å²) in [5.41, 5.74) is 7.63. The smallest absolute Gasteiger partial charge is 0.263 e. The van der Waals surface area contributed by atoms with E-state index >= 15 is 0 Å². The lowest BCUT2D eigenvalue weighted by molar-refractivity contribution is -0.117. The Balaban J connectivity index is 0.000000706. The number of nitrogen functional groups attached to an aromatic ring is 1. The molecule has 0 unspecified atom stereocenters. The van der Waals surface area contributed by atoms with Crippen molar-refractivity contribution in [2.45, 2.75) is 46.6 Å². The lowest BCUT2D eigenvalue weighted by atomic mass is 10.1. The number of hydrogen-bond acceptors (Lipinski definition) is 5. The Bertz CT molecular complexity index is 1060. The van der Waals surface area contributed by atoms with Crippen LogP contribution in [-0.4, -0.2) is 37.0 Å². The highest BCUT2D eigenvalue weighted by atomic mass is 16.2. The highest BCUT2D eigenvalue weighted by molar-refractivity contribution is 5.99. The van der Waals surface area contributed by atoms with Crippen LogP contribution in [0.25, 0.3) is 22.2 Å². The topological polar surface area (TPSA) is 115 Å². The Labute approximate surface area is 163 Å². The van der Waals surface area contributed by atoms with E-state index in [4.69, 9.17) is 5.73 Å². The molecule has 1 fully saturated rings. The average molecular weight is 385 g/mol. The minimum atomic E-state index is -0.182. The second-order valence-electron chi connectivity index (χ2n) is 6.86. The van der Waals surface area contributed by atoms with Crippen molar-refractivity contribution in [3.8, 4) is 11.3 Å². The fourth-order valence-corrected chi connectivity index (χ4v) is 3.35. The highest BCUT2D eigenvalue weighted by Gasteiger charge is 2.26. The number of rotatable bonds is 3. The molecule has 3 N–H and O–H groups in total. The summed E-state index contributed by atoms with van der Waals surface area (Å²) in [6, 6.07) is 1.86. The number of carbonyl (C=O) groups excluding carboxylic acids is 1. The van der Waals surface area contributed by atoms with E-state index < -0.39 is 0 Å². The number of hydrogen-bond donors (Lipinski definition) is 2. The Morgan fingerprint density at radius 3 is 2.57 bits per heavy atom. The standard InChI is InChI=1S/C16H19N7O2.C3H8/c1-3-22-8-9(14-13(16(22)25)15(17)19-18-14)10-7-11(21(2)20-10)23-6-4-5-12(23)24;1-3-2/h7-8H,3-6H2,1-2H3,(H3,17,18,19);3H2,1-2H3. The fraction of sp³-hybridized carbons (Fsp3) is 0.474. The molecule has 9 heteroatoms. The largest absolute Gasteiger partial charge is 0.382 e. The van der Waals surface area contributed by atoms with Gasteiger partial charge in [-0.05, 0) is 13.3 Å². The van der Waals surface area contributed by atoms with Gasteiger partial charge in [-0.1, -0.05) is 20.3 Å². The van der Waals surface area contributed by atoms with Crippen LogP contribution < -0.4 is 16.2 Å². The minimum absolute atomic E-state index is 0.101. The first-order chi connectivity index (χ1) is 13.4. The van der Waals surface area contributed by atoms with Gasteiger partial charge in [0.1, 0.15) is 11.2 Å². The Morgan fingerprint density at radius 1 is 1.25 bits per heavy atom. The van der Waals surface area contributed by atoms with Crippen LogP contribution >= 0.6 is 0 Å². The van der Waals surface area contributed by atoms with E-state index in [1.54, 1.807) is 27.4 Å². The number of anilines is 2. The zero-order chi connectivity index (χ0) is 20.4. The van der Waals surface area contributed by atoms with E-state index in [1.165, 1.54) is 6.42 Å². The number of carbonyl (C=O) groups is 1. The molecule has 28 heavy (non-hydrogen) atoms. The maximum Gasteiger partial charge on any atom is 0.263 e. The van der Waals surface area contributed by atoms with E-state index in [0.29, 0.717) is 36.1 Å². The molecule has 3 aromatic rings. The number of aromatic amines is 1. The molecule has 0 saturated carbocycles. The minimum Gasteiger partial charge on any atom is -0.382 e. The number of aromatic nitrogens is 5. The number of H-pyrrole nitrogens is 1. The summed E-state index contributed by atoms with van der Waals surface area (Å²) < 4.78 is 3.27. The van der Waals surface area contributed by atoms with E-state index in [-0.39, 0.29) is 17.3 Å². The quantitative estimate of drug-likeness (QED) is 0.718. The van der Waals surface area contributed by atoms with Gasteiger partial charge >= 0.3 is 0 Å². The van der Waals surface area contributed by atoms with Gasteiger partial charge in [0.05, 0.1) is 11.2 Å². The van der Waals surface area contributed by atoms with Gasteiger partial charge in [-0.25, -0.2) is 0 Å². The van der Waals surface area contributed by atoms with E-state index in [9.17, 15) is 9.59 Å². The van der Waals surface area contributed by atoms with Gasteiger partial charge in [-0.3, -0.25) is 24.3 Å². The summed E-state index contributed by atoms with van der Waals surface area (Å²) in [7, 11) is 1.80. The molecule has 0 spiro atoms. The molecule has 1 aliphatic rings. The molecule has 4 rings (SSSR count). The summed E-state index contributed by atoms with van der Waals surface area (Å²) in [5, 5.41) is 11.7. The second kappa shape index (κ2) is 7.87. The van der Waals surface area contributed by atoms with Gasteiger partial charge in [-0.2, -0.15) is 10.2 Å². The van der Waals surface area contributed by atoms with Crippen LogP contribution in [0.15, 0.2) is 17.1 Å². The molecule has 0 bridgehead atoms. The predicted molar refractivity (Wildman–Crippen MR) is 110 cm³/mol. The highest BCUT2D eigenvalue weighted by Crippen LogP contribution is 2.30. The summed E-state index contributed by atoms with van der Waals surface area (Å²) >= 11 is 0. The summed E-state index contributed by atoms with van der Waals surface area (Å²) in [6.07, 6.45) is 4.41. The molecule has 1 amide bonds. The summed E-state index contributed by atoms with van der Waals surface area (Å²) in [5.74, 6) is 1.02. The lowest BCUT2D eigenvalue weighted by Gasteiger charge is -2.14. The number of aryl methyl sites for hydroxylation is 2. The van der Waals surface area contributed by atoms with Gasteiger partial charge in [0.25, 0.3) is 5.56 Å². The first-order valence-electron chi connectivity index (χ1n) is 9.64. The number of fused-ring (bicyclic) bond motifs is 1. The third-order valence-corrected chi connectivity index (χ3v) is 4.65.